The van der Waals surface area contributed by atoms with Crippen LogP contribution in [0.3, 0.4) is 0 Å². The Morgan fingerprint density at radius 3 is 2.48 bits per heavy atom. The third kappa shape index (κ3) is 3.32. The van der Waals surface area contributed by atoms with Gasteiger partial charge in [-0.3, -0.25) is 4.57 Å². The number of benzene rings is 1. The summed E-state index contributed by atoms with van der Waals surface area (Å²) in [4.78, 5) is 18.3. The van der Waals surface area contributed by atoms with E-state index in [1.807, 2.05) is 20.0 Å². The maximum Gasteiger partial charge on any atom is 0.329 e. The van der Waals surface area contributed by atoms with Crippen LogP contribution in [0.25, 0.3) is 0 Å². The monoisotopic (exact) mass is 285 g/mol. The van der Waals surface area contributed by atoms with Crippen molar-refractivity contribution in [1.82, 2.24) is 14.5 Å². The van der Waals surface area contributed by atoms with Gasteiger partial charge in [-0.1, -0.05) is 18.2 Å². The van der Waals surface area contributed by atoms with Crippen LogP contribution in [0.4, 0.5) is 4.79 Å². The fraction of sp³-hybridized carbons (Fsp3) is 0.412. The van der Waals surface area contributed by atoms with Crippen LogP contribution in [0.1, 0.15) is 36.2 Å². The van der Waals surface area contributed by atoms with Crippen LogP contribution >= 0.6 is 0 Å². The van der Waals surface area contributed by atoms with E-state index in [2.05, 4.69) is 37.0 Å². The molecule has 2 rings (SSSR count). The molecule has 1 aromatic heterocycles. The molecule has 4 heteroatoms. The summed E-state index contributed by atoms with van der Waals surface area (Å²) in [6.07, 6.45) is 4.18. The number of hydrogen-bond donors (Lipinski definition) is 0. The maximum atomic E-state index is 12.2. The third-order valence-corrected chi connectivity index (χ3v) is 3.94. The van der Waals surface area contributed by atoms with Crippen molar-refractivity contribution in [3.8, 4) is 0 Å². The second-order valence-electron chi connectivity index (χ2n) is 5.81. The Labute approximate surface area is 126 Å². The predicted octanol–water partition coefficient (Wildman–Crippen LogP) is 3.40. The van der Waals surface area contributed by atoms with Crippen molar-refractivity contribution in [1.29, 1.82) is 0 Å². The lowest BCUT2D eigenvalue weighted by Gasteiger charge is -2.21. The Hall–Kier alpha value is -2.10. The maximum absolute atomic E-state index is 12.2. The minimum atomic E-state index is -0.0507. The summed E-state index contributed by atoms with van der Waals surface area (Å²) in [5.74, 6) is 0. The van der Waals surface area contributed by atoms with E-state index in [-0.39, 0.29) is 12.1 Å². The standard InChI is InChI=1S/C17H23N3O/c1-12(2)19(5)17(21)20-10-15(18-11-20)9-16-13(3)7-6-8-14(16)4/h6-8,10-12H,9H2,1-5H3. The molecule has 0 fully saturated rings. The fourth-order valence-corrected chi connectivity index (χ4v) is 2.27. The highest BCUT2D eigenvalue weighted by molar-refractivity contribution is 5.76. The number of aromatic nitrogens is 2. The van der Waals surface area contributed by atoms with Gasteiger partial charge in [0.25, 0.3) is 0 Å². The summed E-state index contributed by atoms with van der Waals surface area (Å²) >= 11 is 0. The molecule has 112 valence electrons. The molecule has 0 saturated carbocycles. The van der Waals surface area contributed by atoms with Gasteiger partial charge in [0.2, 0.25) is 0 Å². The summed E-state index contributed by atoms with van der Waals surface area (Å²) in [7, 11) is 1.80. The van der Waals surface area contributed by atoms with Gasteiger partial charge >= 0.3 is 6.03 Å². The fourth-order valence-electron chi connectivity index (χ4n) is 2.27. The summed E-state index contributed by atoms with van der Waals surface area (Å²) in [5.41, 5.74) is 4.72. The van der Waals surface area contributed by atoms with Crippen molar-refractivity contribution in [3.63, 3.8) is 0 Å². The van der Waals surface area contributed by atoms with Crippen LogP contribution in [0.2, 0.25) is 0 Å². The molecule has 0 aliphatic rings. The molecule has 0 atom stereocenters. The zero-order chi connectivity index (χ0) is 15.6. The summed E-state index contributed by atoms with van der Waals surface area (Å²) in [5, 5.41) is 0. The van der Waals surface area contributed by atoms with Crippen molar-refractivity contribution >= 4 is 6.03 Å². The zero-order valence-corrected chi connectivity index (χ0v) is 13.4. The molecule has 0 unspecified atom stereocenters. The largest absolute Gasteiger partial charge is 0.329 e. The molecule has 0 bridgehead atoms. The molecule has 0 aliphatic heterocycles. The number of carbonyl (C=O) groups excluding carboxylic acids is 1. The number of amides is 1. The van der Waals surface area contributed by atoms with Crippen LogP contribution in [0.5, 0.6) is 0 Å². The van der Waals surface area contributed by atoms with Crippen molar-refractivity contribution < 1.29 is 4.79 Å². The molecule has 0 spiro atoms. The molecular formula is C17H23N3O. The Balaban J connectivity index is 2.19. The Morgan fingerprint density at radius 1 is 1.29 bits per heavy atom. The number of nitrogens with zero attached hydrogens (tertiary/aromatic N) is 3. The van der Waals surface area contributed by atoms with Crippen molar-refractivity contribution in [2.45, 2.75) is 40.2 Å². The van der Waals surface area contributed by atoms with Gasteiger partial charge in [-0.15, -0.1) is 0 Å². The van der Waals surface area contributed by atoms with Gasteiger partial charge in [-0.25, -0.2) is 9.78 Å². The van der Waals surface area contributed by atoms with Gasteiger partial charge in [0.15, 0.2) is 0 Å². The normalized spacial score (nSPS) is 11.0. The zero-order valence-electron chi connectivity index (χ0n) is 13.4. The average molecular weight is 285 g/mol. The summed E-state index contributed by atoms with van der Waals surface area (Å²) in [6, 6.07) is 6.40. The first kappa shape index (κ1) is 15.3. The number of aryl methyl sites for hydroxylation is 2. The molecule has 0 saturated heterocycles. The highest BCUT2D eigenvalue weighted by atomic mass is 16.2. The average Bonchev–Trinajstić information content (AvgIpc) is 2.90. The second-order valence-corrected chi connectivity index (χ2v) is 5.81. The lowest BCUT2D eigenvalue weighted by atomic mass is 9.99. The van der Waals surface area contributed by atoms with Crippen LogP contribution in [-0.4, -0.2) is 33.6 Å². The Kier molecular flexibility index (Phi) is 4.46. The first-order valence-corrected chi connectivity index (χ1v) is 7.25. The number of hydrogen-bond acceptors (Lipinski definition) is 2. The van der Waals surface area contributed by atoms with Gasteiger partial charge in [-0.2, -0.15) is 0 Å². The lowest BCUT2D eigenvalue weighted by molar-refractivity contribution is 0.199. The van der Waals surface area contributed by atoms with Crippen LogP contribution in [0.15, 0.2) is 30.7 Å². The van der Waals surface area contributed by atoms with Gasteiger partial charge in [0.05, 0.1) is 5.69 Å². The second kappa shape index (κ2) is 6.12. The van der Waals surface area contributed by atoms with Gasteiger partial charge in [-0.05, 0) is 44.4 Å². The first-order chi connectivity index (χ1) is 9.90. The van der Waals surface area contributed by atoms with E-state index < -0.39 is 0 Å². The predicted molar refractivity (Wildman–Crippen MR) is 84.6 cm³/mol. The number of carbonyl (C=O) groups is 1. The van der Waals surface area contributed by atoms with Crippen molar-refractivity contribution in [3.05, 3.63) is 53.1 Å². The Morgan fingerprint density at radius 2 is 1.90 bits per heavy atom. The number of rotatable bonds is 3. The van der Waals surface area contributed by atoms with Crippen molar-refractivity contribution in [2.75, 3.05) is 7.05 Å². The van der Waals surface area contributed by atoms with E-state index in [0.29, 0.717) is 0 Å². The SMILES string of the molecule is Cc1cccc(C)c1Cc1cn(C(=O)N(C)C(C)C)cn1. The van der Waals surface area contributed by atoms with E-state index in [1.165, 1.54) is 16.7 Å². The highest BCUT2D eigenvalue weighted by Crippen LogP contribution is 2.17. The minimum absolute atomic E-state index is 0.0507. The molecule has 0 N–H and O–H groups in total. The summed E-state index contributed by atoms with van der Waals surface area (Å²) in [6.45, 7) is 8.20. The molecule has 4 nitrogen and oxygen atoms in total. The highest BCUT2D eigenvalue weighted by Gasteiger charge is 2.15. The molecule has 1 heterocycles. The van der Waals surface area contributed by atoms with Crippen LogP contribution in [0, 0.1) is 13.8 Å². The molecule has 21 heavy (non-hydrogen) atoms. The first-order valence-electron chi connectivity index (χ1n) is 7.25. The minimum Gasteiger partial charge on any atom is -0.325 e. The van der Waals surface area contributed by atoms with Gasteiger partial charge in [0, 0.05) is 25.7 Å². The third-order valence-electron chi connectivity index (χ3n) is 3.94. The molecular weight excluding hydrogens is 262 g/mol. The summed E-state index contributed by atoms with van der Waals surface area (Å²) < 4.78 is 1.56. The van der Waals surface area contributed by atoms with Crippen LogP contribution < -0.4 is 0 Å². The quantitative estimate of drug-likeness (QED) is 0.867. The lowest BCUT2D eigenvalue weighted by Crippen LogP contribution is -2.35. The van der Waals surface area contributed by atoms with Gasteiger partial charge < -0.3 is 4.90 Å². The van der Waals surface area contributed by atoms with E-state index in [1.54, 1.807) is 22.8 Å². The molecule has 1 aromatic carbocycles. The van der Waals surface area contributed by atoms with E-state index in [0.717, 1.165) is 12.1 Å². The number of imidazole rings is 1. The van der Waals surface area contributed by atoms with E-state index in [9.17, 15) is 4.79 Å². The van der Waals surface area contributed by atoms with Crippen LogP contribution in [-0.2, 0) is 6.42 Å². The molecule has 1 amide bonds. The van der Waals surface area contributed by atoms with Crippen molar-refractivity contribution in [2.24, 2.45) is 0 Å². The van der Waals surface area contributed by atoms with E-state index in [4.69, 9.17) is 0 Å². The topological polar surface area (TPSA) is 38.1 Å². The van der Waals surface area contributed by atoms with E-state index >= 15 is 0 Å². The molecule has 0 radical (unpaired) electrons. The molecule has 0 aliphatic carbocycles. The van der Waals surface area contributed by atoms with Gasteiger partial charge in [0.1, 0.15) is 6.33 Å². The molecule has 2 aromatic rings. The Bertz CT molecular complexity index is 623. The smallest absolute Gasteiger partial charge is 0.325 e.